The minimum Gasteiger partial charge on any atom is -0.349 e. The fourth-order valence-electron chi connectivity index (χ4n) is 3.42. The van der Waals surface area contributed by atoms with Crippen LogP contribution in [-0.2, 0) is 17.4 Å². The van der Waals surface area contributed by atoms with Crippen LogP contribution >= 0.6 is 0 Å². The number of carbonyl (C=O) groups is 2. The third-order valence-corrected chi connectivity index (χ3v) is 5.26. The summed E-state index contributed by atoms with van der Waals surface area (Å²) in [7, 11) is 0. The van der Waals surface area contributed by atoms with Gasteiger partial charge in [-0.05, 0) is 50.8 Å². The van der Waals surface area contributed by atoms with Crippen LogP contribution in [0, 0.1) is 13.8 Å². The van der Waals surface area contributed by atoms with E-state index in [1.54, 1.807) is 38.1 Å². The first kappa shape index (κ1) is 21.7. The number of aromatic nitrogens is 4. The van der Waals surface area contributed by atoms with Crippen LogP contribution in [0.25, 0.3) is 5.78 Å². The summed E-state index contributed by atoms with van der Waals surface area (Å²) in [5, 5.41) is 9.16. The molecule has 1 aliphatic carbocycles. The predicted molar refractivity (Wildman–Crippen MR) is 109 cm³/mol. The molecule has 2 heterocycles. The fraction of sp³-hybridized carbons (Fsp3) is 0.381. The van der Waals surface area contributed by atoms with Crippen LogP contribution in [0.15, 0.2) is 24.3 Å². The molecule has 0 saturated heterocycles. The number of benzene rings is 1. The van der Waals surface area contributed by atoms with Crippen LogP contribution in [0.5, 0.6) is 0 Å². The summed E-state index contributed by atoms with van der Waals surface area (Å²) in [5.41, 5.74) is 2.32. The highest BCUT2D eigenvalue weighted by atomic mass is 19.4. The normalized spacial score (nSPS) is 13.9. The van der Waals surface area contributed by atoms with Gasteiger partial charge in [0.1, 0.15) is 0 Å². The maximum absolute atomic E-state index is 12.9. The van der Waals surface area contributed by atoms with Gasteiger partial charge in [0.2, 0.25) is 5.91 Å². The van der Waals surface area contributed by atoms with Gasteiger partial charge in [-0.15, -0.1) is 5.10 Å². The molecule has 168 valence electrons. The van der Waals surface area contributed by atoms with Gasteiger partial charge in [-0.25, -0.2) is 9.50 Å². The Hall–Kier alpha value is -3.50. The highest BCUT2D eigenvalue weighted by molar-refractivity contribution is 6.03. The van der Waals surface area contributed by atoms with Crippen molar-refractivity contribution >= 4 is 23.3 Å². The number of rotatable bonds is 6. The molecule has 1 aliphatic rings. The summed E-state index contributed by atoms with van der Waals surface area (Å²) in [6, 6.07) is 6.92. The molecule has 0 bridgehead atoms. The van der Waals surface area contributed by atoms with Gasteiger partial charge in [0.05, 0.1) is 11.3 Å². The van der Waals surface area contributed by atoms with Crippen LogP contribution < -0.4 is 10.6 Å². The van der Waals surface area contributed by atoms with Crippen molar-refractivity contribution < 1.29 is 22.8 Å². The van der Waals surface area contributed by atoms with E-state index >= 15 is 0 Å². The second-order valence-electron chi connectivity index (χ2n) is 7.75. The van der Waals surface area contributed by atoms with Gasteiger partial charge < -0.3 is 10.6 Å². The number of hydrogen-bond acceptors (Lipinski definition) is 5. The zero-order valence-corrected chi connectivity index (χ0v) is 17.5. The first-order valence-corrected chi connectivity index (χ1v) is 10.1. The Morgan fingerprint density at radius 1 is 1.16 bits per heavy atom. The zero-order valence-electron chi connectivity index (χ0n) is 17.5. The lowest BCUT2D eigenvalue weighted by atomic mass is 10.1. The number of hydrogen-bond donors (Lipinski definition) is 2. The van der Waals surface area contributed by atoms with Crippen LogP contribution in [-0.4, -0.2) is 37.4 Å². The quantitative estimate of drug-likeness (QED) is 0.606. The molecule has 0 aliphatic heterocycles. The largest absolute Gasteiger partial charge is 0.453 e. The van der Waals surface area contributed by atoms with Gasteiger partial charge in [0.25, 0.3) is 17.5 Å². The van der Waals surface area contributed by atoms with Gasteiger partial charge in [-0.2, -0.15) is 18.2 Å². The molecule has 32 heavy (non-hydrogen) atoms. The first-order chi connectivity index (χ1) is 15.1. The minimum atomic E-state index is -4.67. The van der Waals surface area contributed by atoms with E-state index < -0.39 is 12.0 Å². The molecule has 2 N–H and O–H groups in total. The Morgan fingerprint density at radius 3 is 2.56 bits per heavy atom. The number of carbonyl (C=O) groups excluding carboxylic acids is 2. The Kier molecular flexibility index (Phi) is 5.57. The maximum Gasteiger partial charge on any atom is 0.453 e. The molecule has 4 rings (SSSR count). The molecule has 8 nitrogen and oxygen atoms in total. The molecule has 1 fully saturated rings. The van der Waals surface area contributed by atoms with Gasteiger partial charge >= 0.3 is 6.18 Å². The Labute approximate surface area is 181 Å². The predicted octanol–water partition coefficient (Wildman–Crippen LogP) is 3.22. The highest BCUT2D eigenvalue weighted by Gasteiger charge is 2.37. The van der Waals surface area contributed by atoms with E-state index in [0.717, 1.165) is 17.4 Å². The van der Waals surface area contributed by atoms with Gasteiger partial charge in [0, 0.05) is 23.9 Å². The number of para-hydroxylation sites is 1. The fourth-order valence-corrected chi connectivity index (χ4v) is 3.42. The third kappa shape index (κ3) is 4.56. The topological polar surface area (TPSA) is 101 Å². The maximum atomic E-state index is 12.9. The molecular formula is C21H21F3N6O2. The Bertz CT molecular complexity index is 1200. The first-order valence-electron chi connectivity index (χ1n) is 10.1. The lowest BCUT2D eigenvalue weighted by Crippen LogP contribution is -2.27. The van der Waals surface area contributed by atoms with E-state index in [1.165, 1.54) is 0 Å². The number of anilines is 1. The van der Waals surface area contributed by atoms with Crippen molar-refractivity contribution in [3.63, 3.8) is 0 Å². The minimum absolute atomic E-state index is 0.0499. The van der Waals surface area contributed by atoms with Crippen molar-refractivity contribution in [2.75, 3.05) is 5.32 Å². The van der Waals surface area contributed by atoms with E-state index in [1.807, 2.05) is 0 Å². The van der Waals surface area contributed by atoms with Crippen molar-refractivity contribution in [2.45, 2.75) is 51.7 Å². The van der Waals surface area contributed by atoms with Crippen LogP contribution in [0.4, 0.5) is 18.9 Å². The lowest BCUT2D eigenvalue weighted by molar-refractivity contribution is -0.144. The van der Waals surface area contributed by atoms with Crippen LogP contribution in [0.3, 0.4) is 0 Å². The number of halogens is 3. The molecule has 0 spiro atoms. The second-order valence-corrected chi connectivity index (χ2v) is 7.75. The molecule has 0 radical (unpaired) electrons. The Morgan fingerprint density at radius 2 is 1.88 bits per heavy atom. The monoisotopic (exact) mass is 446 g/mol. The molecule has 11 heteroatoms. The average molecular weight is 446 g/mol. The van der Waals surface area contributed by atoms with E-state index in [9.17, 15) is 22.8 Å². The molecule has 0 unspecified atom stereocenters. The summed E-state index contributed by atoms with van der Waals surface area (Å²) in [6.07, 6.45) is -2.48. The molecular weight excluding hydrogens is 425 g/mol. The van der Waals surface area contributed by atoms with Gasteiger partial charge in [-0.1, -0.05) is 12.1 Å². The van der Waals surface area contributed by atoms with Crippen molar-refractivity contribution in [1.29, 1.82) is 0 Å². The SMILES string of the molecule is Cc1nc2nc(C(F)(F)F)nn2c(C)c1CCC(=O)Nc1ccccc1C(=O)NC1CC1. The molecule has 1 aromatic carbocycles. The average Bonchev–Trinajstić information content (AvgIpc) is 3.42. The molecule has 0 atom stereocenters. The second kappa shape index (κ2) is 8.21. The Balaban J connectivity index is 1.48. The number of nitrogens with one attached hydrogen (secondary N) is 2. The number of aryl methyl sites for hydroxylation is 2. The van der Waals surface area contributed by atoms with Crippen LogP contribution in [0.1, 0.15) is 52.4 Å². The van der Waals surface area contributed by atoms with Crippen molar-refractivity contribution in [3.05, 3.63) is 52.6 Å². The lowest BCUT2D eigenvalue weighted by Gasteiger charge is -2.12. The summed E-state index contributed by atoms with van der Waals surface area (Å²) in [6.45, 7) is 3.26. The molecule has 3 aromatic rings. The van der Waals surface area contributed by atoms with Crippen molar-refractivity contribution in [2.24, 2.45) is 0 Å². The summed E-state index contributed by atoms with van der Waals surface area (Å²) >= 11 is 0. The summed E-state index contributed by atoms with van der Waals surface area (Å²) in [4.78, 5) is 32.5. The zero-order chi connectivity index (χ0) is 23.0. The third-order valence-electron chi connectivity index (χ3n) is 5.26. The highest BCUT2D eigenvalue weighted by Crippen LogP contribution is 2.27. The molecule has 2 amide bonds. The summed E-state index contributed by atoms with van der Waals surface area (Å²) in [5.74, 6) is -1.97. The van der Waals surface area contributed by atoms with Crippen LogP contribution in [0.2, 0.25) is 0 Å². The molecule has 2 aromatic heterocycles. The van der Waals surface area contributed by atoms with Crippen molar-refractivity contribution in [1.82, 2.24) is 24.9 Å². The summed E-state index contributed by atoms with van der Waals surface area (Å²) < 4.78 is 39.8. The number of alkyl halides is 3. The van der Waals surface area contributed by atoms with E-state index in [2.05, 4.69) is 25.7 Å². The van der Waals surface area contributed by atoms with E-state index in [0.29, 0.717) is 28.2 Å². The number of amides is 2. The van der Waals surface area contributed by atoms with Gasteiger partial charge in [-0.3, -0.25) is 9.59 Å². The number of nitrogens with zero attached hydrogens (tertiary/aromatic N) is 4. The molecule has 1 saturated carbocycles. The standard InChI is InChI=1S/C21H21F3N6O2/c1-11-14(12(2)30-20(25-11)28-19(29-30)21(22,23)24)9-10-17(31)27-16-6-4-3-5-15(16)18(32)26-13-7-8-13/h3-6,13H,7-10H2,1-2H3,(H,26,32)(H,27,31). The van der Waals surface area contributed by atoms with E-state index in [-0.39, 0.29) is 36.5 Å². The van der Waals surface area contributed by atoms with Gasteiger partial charge in [0.15, 0.2) is 0 Å². The smallest absolute Gasteiger partial charge is 0.349 e. The van der Waals surface area contributed by atoms with Crippen molar-refractivity contribution in [3.8, 4) is 0 Å². The van der Waals surface area contributed by atoms with E-state index in [4.69, 9.17) is 0 Å². The number of fused-ring (bicyclic) bond motifs is 1.